The Kier molecular flexibility index (Phi) is 5.31. The van der Waals surface area contributed by atoms with Crippen LogP contribution in [0.25, 0.3) is 0 Å². The third-order valence-corrected chi connectivity index (χ3v) is 4.49. The summed E-state index contributed by atoms with van der Waals surface area (Å²) in [5.41, 5.74) is 5.51. The Morgan fingerprint density at radius 2 is 1.52 bits per heavy atom. The molecule has 0 amide bonds. The molecule has 0 bridgehead atoms. The van der Waals surface area contributed by atoms with Gasteiger partial charge in [-0.25, -0.2) is 0 Å². The monoisotopic (exact) mass is 310 g/mol. The number of hydrogen-bond donors (Lipinski definition) is 0. The van der Waals surface area contributed by atoms with Gasteiger partial charge in [0, 0.05) is 31.9 Å². The topological polar surface area (TPSA) is 15.7 Å². The van der Waals surface area contributed by atoms with Gasteiger partial charge in [-0.2, -0.15) is 0 Å². The highest BCUT2D eigenvalue weighted by molar-refractivity contribution is 5.54. The molecule has 0 spiro atoms. The van der Waals surface area contributed by atoms with Crippen molar-refractivity contribution < 1.29 is 4.74 Å². The van der Waals surface area contributed by atoms with E-state index in [0.29, 0.717) is 0 Å². The summed E-state index contributed by atoms with van der Waals surface area (Å²) in [5.74, 6) is 0. The van der Waals surface area contributed by atoms with Gasteiger partial charge in [0.15, 0.2) is 0 Å². The van der Waals surface area contributed by atoms with Crippen LogP contribution in [0, 0.1) is 6.92 Å². The van der Waals surface area contributed by atoms with Gasteiger partial charge in [-0.3, -0.25) is 4.90 Å². The van der Waals surface area contributed by atoms with E-state index in [4.69, 9.17) is 4.74 Å². The SMILES string of the molecule is Cc1ccccc1CN(C)Cc1ccccc1N1CCOCC1. The molecular formula is C20H26N2O. The number of ether oxygens (including phenoxy) is 1. The zero-order valence-corrected chi connectivity index (χ0v) is 14.2. The van der Waals surface area contributed by atoms with Crippen LogP contribution < -0.4 is 4.90 Å². The number of anilines is 1. The molecule has 2 aromatic carbocycles. The molecule has 122 valence electrons. The number of aryl methyl sites for hydroxylation is 1. The van der Waals surface area contributed by atoms with E-state index < -0.39 is 0 Å². The lowest BCUT2D eigenvalue weighted by Gasteiger charge is -2.31. The Morgan fingerprint density at radius 1 is 0.913 bits per heavy atom. The molecule has 0 aliphatic carbocycles. The normalized spacial score (nSPS) is 15.2. The fraction of sp³-hybridized carbons (Fsp3) is 0.400. The van der Waals surface area contributed by atoms with Crippen molar-refractivity contribution in [2.45, 2.75) is 20.0 Å². The van der Waals surface area contributed by atoms with Crippen molar-refractivity contribution in [3.05, 3.63) is 65.2 Å². The first kappa shape index (κ1) is 16.0. The van der Waals surface area contributed by atoms with Crippen LogP contribution in [-0.4, -0.2) is 38.3 Å². The van der Waals surface area contributed by atoms with Crippen LogP contribution in [-0.2, 0) is 17.8 Å². The van der Waals surface area contributed by atoms with Crippen molar-refractivity contribution in [1.29, 1.82) is 0 Å². The first-order chi connectivity index (χ1) is 11.2. The van der Waals surface area contributed by atoms with Gasteiger partial charge < -0.3 is 9.64 Å². The van der Waals surface area contributed by atoms with E-state index in [0.717, 1.165) is 39.4 Å². The van der Waals surface area contributed by atoms with E-state index in [-0.39, 0.29) is 0 Å². The Hall–Kier alpha value is -1.84. The highest BCUT2D eigenvalue weighted by Gasteiger charge is 2.15. The van der Waals surface area contributed by atoms with Crippen LogP contribution in [0.15, 0.2) is 48.5 Å². The molecule has 1 aliphatic rings. The van der Waals surface area contributed by atoms with E-state index >= 15 is 0 Å². The predicted molar refractivity (Wildman–Crippen MR) is 95.8 cm³/mol. The zero-order valence-electron chi connectivity index (χ0n) is 14.2. The Bertz CT molecular complexity index is 635. The van der Waals surface area contributed by atoms with Crippen LogP contribution in [0.1, 0.15) is 16.7 Å². The highest BCUT2D eigenvalue weighted by Crippen LogP contribution is 2.23. The number of rotatable bonds is 5. The average Bonchev–Trinajstić information content (AvgIpc) is 2.58. The van der Waals surface area contributed by atoms with Crippen molar-refractivity contribution in [3.63, 3.8) is 0 Å². The summed E-state index contributed by atoms with van der Waals surface area (Å²) in [7, 11) is 2.20. The average molecular weight is 310 g/mol. The second-order valence-electron chi connectivity index (χ2n) is 6.33. The molecule has 0 radical (unpaired) electrons. The number of nitrogens with zero attached hydrogens (tertiary/aromatic N) is 2. The molecule has 1 saturated heterocycles. The Balaban J connectivity index is 1.71. The first-order valence-corrected chi connectivity index (χ1v) is 8.37. The van der Waals surface area contributed by atoms with Gasteiger partial charge in [0.25, 0.3) is 0 Å². The van der Waals surface area contributed by atoms with E-state index in [1.54, 1.807) is 0 Å². The standard InChI is InChI=1S/C20H26N2O/c1-17-7-3-4-8-18(17)15-21(2)16-19-9-5-6-10-20(19)22-11-13-23-14-12-22/h3-10H,11-16H2,1-2H3. The molecule has 0 unspecified atom stereocenters. The lowest BCUT2D eigenvalue weighted by molar-refractivity contribution is 0.122. The van der Waals surface area contributed by atoms with Crippen molar-refractivity contribution in [3.8, 4) is 0 Å². The molecular weight excluding hydrogens is 284 g/mol. The lowest BCUT2D eigenvalue weighted by Crippen LogP contribution is -2.37. The molecule has 0 N–H and O–H groups in total. The maximum absolute atomic E-state index is 5.48. The number of morpholine rings is 1. The molecule has 0 atom stereocenters. The summed E-state index contributed by atoms with van der Waals surface area (Å²) in [6.07, 6.45) is 0. The smallest absolute Gasteiger partial charge is 0.0642 e. The summed E-state index contributed by atoms with van der Waals surface area (Å²) >= 11 is 0. The van der Waals surface area contributed by atoms with Gasteiger partial charge in [0.1, 0.15) is 0 Å². The van der Waals surface area contributed by atoms with Crippen molar-refractivity contribution >= 4 is 5.69 Å². The van der Waals surface area contributed by atoms with Crippen LogP contribution in [0.5, 0.6) is 0 Å². The van der Waals surface area contributed by atoms with Gasteiger partial charge in [-0.15, -0.1) is 0 Å². The molecule has 0 saturated carbocycles. The van der Waals surface area contributed by atoms with E-state index in [1.807, 2.05) is 0 Å². The second-order valence-corrected chi connectivity index (χ2v) is 6.33. The molecule has 1 aliphatic heterocycles. The molecule has 0 aromatic heterocycles. The molecule has 2 aromatic rings. The summed E-state index contributed by atoms with van der Waals surface area (Å²) in [6, 6.07) is 17.4. The van der Waals surface area contributed by atoms with Crippen LogP contribution in [0.2, 0.25) is 0 Å². The molecule has 1 heterocycles. The maximum Gasteiger partial charge on any atom is 0.0642 e. The maximum atomic E-state index is 5.48. The Labute approximate surface area is 139 Å². The number of hydrogen-bond acceptors (Lipinski definition) is 3. The molecule has 3 heteroatoms. The largest absolute Gasteiger partial charge is 0.378 e. The van der Waals surface area contributed by atoms with Crippen LogP contribution >= 0.6 is 0 Å². The van der Waals surface area contributed by atoms with Gasteiger partial charge in [0.05, 0.1) is 13.2 Å². The fourth-order valence-electron chi connectivity index (χ4n) is 3.18. The zero-order chi connectivity index (χ0) is 16.1. The number of para-hydroxylation sites is 1. The van der Waals surface area contributed by atoms with Gasteiger partial charge in [0.2, 0.25) is 0 Å². The van der Waals surface area contributed by atoms with E-state index in [1.165, 1.54) is 22.4 Å². The van der Waals surface area contributed by atoms with Crippen molar-refractivity contribution in [1.82, 2.24) is 4.90 Å². The number of benzene rings is 2. The first-order valence-electron chi connectivity index (χ1n) is 8.37. The predicted octanol–water partition coefficient (Wildman–Crippen LogP) is 3.46. The summed E-state index contributed by atoms with van der Waals surface area (Å²) < 4.78 is 5.48. The molecule has 3 rings (SSSR count). The van der Waals surface area contributed by atoms with E-state index in [2.05, 4.69) is 72.3 Å². The summed E-state index contributed by atoms with van der Waals surface area (Å²) in [6.45, 7) is 7.74. The molecule has 23 heavy (non-hydrogen) atoms. The second kappa shape index (κ2) is 7.62. The summed E-state index contributed by atoms with van der Waals surface area (Å²) in [5, 5.41) is 0. The third kappa shape index (κ3) is 4.12. The Morgan fingerprint density at radius 3 is 2.26 bits per heavy atom. The van der Waals surface area contributed by atoms with Gasteiger partial charge in [-0.05, 0) is 36.7 Å². The minimum absolute atomic E-state index is 0.827. The van der Waals surface area contributed by atoms with Crippen LogP contribution in [0.4, 0.5) is 5.69 Å². The molecule has 3 nitrogen and oxygen atoms in total. The van der Waals surface area contributed by atoms with Crippen molar-refractivity contribution in [2.75, 3.05) is 38.3 Å². The van der Waals surface area contributed by atoms with Gasteiger partial charge in [-0.1, -0.05) is 42.5 Å². The third-order valence-electron chi connectivity index (χ3n) is 4.49. The summed E-state index contributed by atoms with van der Waals surface area (Å²) in [4.78, 5) is 4.84. The minimum Gasteiger partial charge on any atom is -0.378 e. The quantitative estimate of drug-likeness (QED) is 0.841. The highest BCUT2D eigenvalue weighted by atomic mass is 16.5. The molecule has 1 fully saturated rings. The fourth-order valence-corrected chi connectivity index (χ4v) is 3.18. The lowest BCUT2D eigenvalue weighted by atomic mass is 10.1. The van der Waals surface area contributed by atoms with Crippen LogP contribution in [0.3, 0.4) is 0 Å². The minimum atomic E-state index is 0.827. The van der Waals surface area contributed by atoms with E-state index in [9.17, 15) is 0 Å². The van der Waals surface area contributed by atoms with Gasteiger partial charge >= 0.3 is 0 Å². The van der Waals surface area contributed by atoms with Crippen molar-refractivity contribution in [2.24, 2.45) is 0 Å².